The van der Waals surface area contributed by atoms with Crippen LogP contribution in [-0.4, -0.2) is 36.6 Å². The highest BCUT2D eigenvalue weighted by atomic mass is 19.1. The number of rotatable bonds is 8. The Morgan fingerprint density at radius 3 is 2.75 bits per heavy atom. The summed E-state index contributed by atoms with van der Waals surface area (Å²) in [4.78, 5) is 29.7. The van der Waals surface area contributed by atoms with Crippen molar-refractivity contribution in [2.75, 3.05) is 18.5 Å². The summed E-state index contributed by atoms with van der Waals surface area (Å²) in [6.07, 6.45) is 3.10. The molecule has 1 fully saturated rings. The minimum absolute atomic E-state index is 0.160. The molecule has 28 heavy (non-hydrogen) atoms. The first-order chi connectivity index (χ1) is 13.4. The third-order valence-corrected chi connectivity index (χ3v) is 4.24. The smallest absolute Gasteiger partial charge is 0.288 e. The molecule has 2 radical (unpaired) electrons. The summed E-state index contributed by atoms with van der Waals surface area (Å²) >= 11 is 0. The van der Waals surface area contributed by atoms with Gasteiger partial charge in [-0.2, -0.15) is 4.39 Å². The molecule has 0 unspecified atom stereocenters. The van der Waals surface area contributed by atoms with Crippen LogP contribution in [-0.2, 0) is 11.4 Å². The quantitative estimate of drug-likeness (QED) is 0.457. The Morgan fingerprint density at radius 1 is 1.36 bits per heavy atom. The largest absolute Gasteiger partial charge is 0.395 e. The number of nitrogens with one attached hydrogen (secondary N) is 2. The van der Waals surface area contributed by atoms with Gasteiger partial charge in [-0.15, -0.1) is 0 Å². The molecular formula is C18H18BF2N3O4. The SMILES string of the molecule is [B]c1ccc(Nc2c(C(=O)NOCC3CC3)cn(CCO)c(=O)c2F)c(F)c1. The Bertz CT molecular complexity index is 947. The van der Waals surface area contributed by atoms with Crippen molar-refractivity contribution in [3.05, 3.63) is 51.9 Å². The first-order valence-electron chi connectivity index (χ1n) is 8.68. The maximum Gasteiger partial charge on any atom is 0.288 e. The number of halogens is 2. The minimum Gasteiger partial charge on any atom is -0.395 e. The number of pyridine rings is 1. The summed E-state index contributed by atoms with van der Waals surface area (Å²) in [5.41, 5.74) is 0.342. The lowest BCUT2D eigenvalue weighted by Crippen LogP contribution is -2.31. The number of nitrogens with zero attached hydrogens (tertiary/aromatic N) is 1. The van der Waals surface area contributed by atoms with E-state index in [0.717, 1.165) is 29.7 Å². The number of aromatic nitrogens is 1. The Morgan fingerprint density at radius 2 is 2.11 bits per heavy atom. The summed E-state index contributed by atoms with van der Waals surface area (Å²) in [5, 5.41) is 11.5. The fraction of sp³-hybridized carbons (Fsp3) is 0.333. The van der Waals surface area contributed by atoms with E-state index in [1.165, 1.54) is 12.1 Å². The van der Waals surface area contributed by atoms with E-state index in [1.54, 1.807) is 0 Å². The molecule has 1 heterocycles. The van der Waals surface area contributed by atoms with Crippen LogP contribution in [0.25, 0.3) is 0 Å². The van der Waals surface area contributed by atoms with Crippen LogP contribution in [0.2, 0.25) is 0 Å². The van der Waals surface area contributed by atoms with E-state index in [-0.39, 0.29) is 23.3 Å². The van der Waals surface area contributed by atoms with Gasteiger partial charge in [-0.1, -0.05) is 11.5 Å². The van der Waals surface area contributed by atoms with E-state index in [4.69, 9.17) is 17.8 Å². The van der Waals surface area contributed by atoms with Crippen molar-refractivity contribution in [3.63, 3.8) is 0 Å². The van der Waals surface area contributed by atoms with Gasteiger partial charge in [0.25, 0.3) is 11.5 Å². The monoisotopic (exact) mass is 389 g/mol. The van der Waals surface area contributed by atoms with Gasteiger partial charge in [0.15, 0.2) is 0 Å². The van der Waals surface area contributed by atoms with Gasteiger partial charge in [-0.05, 0) is 30.9 Å². The minimum atomic E-state index is -1.29. The van der Waals surface area contributed by atoms with Gasteiger partial charge in [0.2, 0.25) is 5.82 Å². The summed E-state index contributed by atoms with van der Waals surface area (Å²) in [6.45, 7) is -0.326. The fourth-order valence-electron chi connectivity index (χ4n) is 2.53. The third kappa shape index (κ3) is 4.57. The lowest BCUT2D eigenvalue weighted by Gasteiger charge is -2.16. The Labute approximate surface area is 160 Å². The van der Waals surface area contributed by atoms with Crippen LogP contribution < -0.4 is 21.8 Å². The van der Waals surface area contributed by atoms with E-state index in [1.807, 2.05) is 0 Å². The summed E-state index contributed by atoms with van der Waals surface area (Å²) in [7, 11) is 5.49. The zero-order valence-electron chi connectivity index (χ0n) is 14.9. The Kier molecular flexibility index (Phi) is 6.10. The molecule has 7 nitrogen and oxygen atoms in total. The molecule has 1 aromatic heterocycles. The predicted molar refractivity (Wildman–Crippen MR) is 99.0 cm³/mol. The van der Waals surface area contributed by atoms with Crippen molar-refractivity contribution in [2.45, 2.75) is 19.4 Å². The molecule has 0 bridgehead atoms. The number of hydrogen-bond acceptors (Lipinski definition) is 5. The van der Waals surface area contributed by atoms with E-state index >= 15 is 0 Å². The number of hydrogen-bond donors (Lipinski definition) is 3. The second-order valence-electron chi connectivity index (χ2n) is 6.50. The lowest BCUT2D eigenvalue weighted by atomic mass is 9.96. The Balaban J connectivity index is 1.96. The van der Waals surface area contributed by atoms with Crippen LogP contribution in [0.1, 0.15) is 23.2 Å². The van der Waals surface area contributed by atoms with E-state index in [2.05, 4.69) is 10.8 Å². The normalized spacial score (nSPS) is 13.4. The number of anilines is 2. The molecule has 1 aromatic carbocycles. The highest BCUT2D eigenvalue weighted by Crippen LogP contribution is 2.28. The second kappa shape index (κ2) is 8.53. The number of hydroxylamine groups is 1. The van der Waals surface area contributed by atoms with Crippen molar-refractivity contribution in [3.8, 4) is 0 Å². The van der Waals surface area contributed by atoms with Crippen LogP contribution in [0.5, 0.6) is 0 Å². The Hall–Kier alpha value is -2.72. The van der Waals surface area contributed by atoms with Crippen LogP contribution >= 0.6 is 0 Å². The molecular weight excluding hydrogens is 371 g/mol. The number of amides is 1. The van der Waals surface area contributed by atoms with Crippen LogP contribution in [0.15, 0.2) is 29.2 Å². The first kappa shape index (κ1) is 20.0. The molecule has 0 saturated heterocycles. The van der Waals surface area contributed by atoms with Gasteiger partial charge in [0.1, 0.15) is 13.7 Å². The topological polar surface area (TPSA) is 92.6 Å². The zero-order chi connectivity index (χ0) is 20.3. The second-order valence-corrected chi connectivity index (χ2v) is 6.50. The van der Waals surface area contributed by atoms with Gasteiger partial charge in [-0.25, -0.2) is 9.87 Å². The van der Waals surface area contributed by atoms with Crippen molar-refractivity contribution >= 4 is 30.6 Å². The van der Waals surface area contributed by atoms with Crippen LogP contribution in [0, 0.1) is 17.6 Å². The van der Waals surface area contributed by atoms with E-state index in [0.29, 0.717) is 12.5 Å². The van der Waals surface area contributed by atoms with Gasteiger partial charge in [0.05, 0.1) is 30.2 Å². The fourth-order valence-corrected chi connectivity index (χ4v) is 2.53. The molecule has 1 saturated carbocycles. The van der Waals surface area contributed by atoms with Crippen LogP contribution in [0.3, 0.4) is 0 Å². The van der Waals surface area contributed by atoms with Gasteiger partial charge >= 0.3 is 0 Å². The molecule has 146 valence electrons. The summed E-state index contributed by atoms with van der Waals surface area (Å²) in [6, 6.07) is 3.66. The van der Waals surface area contributed by atoms with Gasteiger partial charge in [0, 0.05) is 12.7 Å². The highest BCUT2D eigenvalue weighted by molar-refractivity contribution is 6.32. The maximum atomic E-state index is 14.7. The van der Waals surface area contributed by atoms with Crippen LogP contribution in [0.4, 0.5) is 20.2 Å². The number of carbonyl (C=O) groups is 1. The summed E-state index contributed by atoms with van der Waals surface area (Å²) in [5.74, 6) is -2.51. The van der Waals surface area contributed by atoms with Crippen molar-refractivity contribution in [1.82, 2.24) is 10.0 Å². The number of aliphatic hydroxyl groups is 1. The zero-order valence-corrected chi connectivity index (χ0v) is 14.9. The lowest BCUT2D eigenvalue weighted by molar-refractivity contribution is 0.0270. The first-order valence-corrected chi connectivity index (χ1v) is 8.68. The van der Waals surface area contributed by atoms with E-state index in [9.17, 15) is 18.4 Å². The predicted octanol–water partition coefficient (Wildman–Crippen LogP) is 0.728. The molecule has 2 aromatic rings. The molecule has 1 amide bonds. The average Bonchev–Trinajstić information content (AvgIpc) is 3.47. The molecule has 0 aliphatic heterocycles. The van der Waals surface area contributed by atoms with Gasteiger partial charge < -0.3 is 15.0 Å². The molecule has 10 heteroatoms. The molecule has 3 N–H and O–H groups in total. The standard InChI is InChI=1S/C18H18BF2N3O4/c19-11-3-4-14(13(20)7-11)22-16-12(17(26)23-28-9-10-1-2-10)8-24(5-6-25)18(27)15(16)21/h3-4,7-8,10,22,25H,1-2,5-6,9H2,(H,23,26). The number of aliphatic hydroxyl groups excluding tert-OH is 1. The van der Waals surface area contributed by atoms with Crippen molar-refractivity contribution in [1.29, 1.82) is 0 Å². The molecule has 0 spiro atoms. The maximum absolute atomic E-state index is 14.7. The van der Waals surface area contributed by atoms with Gasteiger partial charge in [-0.3, -0.25) is 14.4 Å². The number of benzene rings is 1. The van der Waals surface area contributed by atoms with Crippen molar-refractivity contribution in [2.24, 2.45) is 5.92 Å². The molecule has 1 aliphatic carbocycles. The summed E-state index contributed by atoms with van der Waals surface area (Å²) < 4.78 is 29.7. The molecule has 3 rings (SSSR count). The van der Waals surface area contributed by atoms with E-state index < -0.39 is 35.4 Å². The highest BCUT2D eigenvalue weighted by Gasteiger charge is 2.24. The number of carbonyl (C=O) groups excluding carboxylic acids is 1. The van der Waals surface area contributed by atoms with Crippen molar-refractivity contribution < 1.29 is 23.5 Å². The molecule has 1 aliphatic rings. The average molecular weight is 389 g/mol. The third-order valence-electron chi connectivity index (χ3n) is 4.24. The molecule has 0 atom stereocenters.